The van der Waals surface area contributed by atoms with Crippen molar-refractivity contribution >= 4 is 34.7 Å². The van der Waals surface area contributed by atoms with Crippen LogP contribution in [0.15, 0.2) is 36.4 Å². The van der Waals surface area contributed by atoms with E-state index in [0.717, 1.165) is 21.2 Å². The van der Waals surface area contributed by atoms with Crippen molar-refractivity contribution in [3.05, 3.63) is 51.2 Å². The van der Waals surface area contributed by atoms with E-state index in [1.165, 1.54) is 11.3 Å². The van der Waals surface area contributed by atoms with E-state index in [9.17, 15) is 9.90 Å². The molecular formula is C15H17ClN2O2S. The second-order valence-electron chi connectivity index (χ2n) is 4.63. The number of carbonyl (C=O) groups is 1. The molecule has 0 radical (unpaired) electrons. The van der Waals surface area contributed by atoms with Crippen molar-refractivity contribution in [2.45, 2.75) is 19.4 Å². The first kappa shape index (κ1) is 15.8. The number of urea groups is 1. The Morgan fingerprint density at radius 2 is 2.00 bits per heavy atom. The van der Waals surface area contributed by atoms with Gasteiger partial charge in [0.1, 0.15) is 0 Å². The first-order valence-electron chi connectivity index (χ1n) is 6.61. The van der Waals surface area contributed by atoms with E-state index >= 15 is 0 Å². The van der Waals surface area contributed by atoms with Gasteiger partial charge in [0.25, 0.3) is 0 Å². The summed E-state index contributed by atoms with van der Waals surface area (Å²) in [4.78, 5) is 12.9. The van der Waals surface area contributed by atoms with Gasteiger partial charge in [0.15, 0.2) is 0 Å². The molecule has 1 atom stereocenters. The van der Waals surface area contributed by atoms with E-state index in [1.54, 1.807) is 31.2 Å². The van der Waals surface area contributed by atoms with Crippen LogP contribution >= 0.6 is 22.9 Å². The van der Waals surface area contributed by atoms with Crippen LogP contribution in [0.1, 0.15) is 23.5 Å². The second kappa shape index (κ2) is 7.45. The van der Waals surface area contributed by atoms with E-state index in [2.05, 4.69) is 10.6 Å². The smallest absolute Gasteiger partial charge is 0.319 e. The summed E-state index contributed by atoms with van der Waals surface area (Å²) in [6.45, 7) is 2.25. The van der Waals surface area contributed by atoms with Crippen molar-refractivity contribution < 1.29 is 9.90 Å². The third-order valence-electron chi connectivity index (χ3n) is 2.94. The zero-order valence-electron chi connectivity index (χ0n) is 11.6. The molecule has 0 aliphatic carbocycles. The summed E-state index contributed by atoms with van der Waals surface area (Å²) >= 11 is 7.36. The van der Waals surface area contributed by atoms with Crippen LogP contribution in [-0.2, 0) is 6.42 Å². The highest BCUT2D eigenvalue weighted by molar-refractivity contribution is 7.16. The highest BCUT2D eigenvalue weighted by atomic mass is 35.5. The van der Waals surface area contributed by atoms with E-state index in [0.29, 0.717) is 12.2 Å². The maximum atomic E-state index is 11.7. The minimum absolute atomic E-state index is 0.248. The van der Waals surface area contributed by atoms with E-state index in [4.69, 9.17) is 11.6 Å². The minimum Gasteiger partial charge on any atom is -0.389 e. The molecule has 0 spiro atoms. The van der Waals surface area contributed by atoms with Gasteiger partial charge >= 0.3 is 6.03 Å². The fourth-order valence-electron chi connectivity index (χ4n) is 1.81. The Morgan fingerprint density at radius 3 is 2.57 bits per heavy atom. The molecule has 2 amide bonds. The molecule has 1 unspecified atom stereocenters. The summed E-state index contributed by atoms with van der Waals surface area (Å²) < 4.78 is 0.757. The van der Waals surface area contributed by atoms with Crippen molar-refractivity contribution in [1.29, 1.82) is 0 Å². The Bertz CT molecular complexity index is 596. The van der Waals surface area contributed by atoms with Crippen molar-refractivity contribution in [2.75, 3.05) is 11.9 Å². The lowest BCUT2D eigenvalue weighted by molar-refractivity contribution is 0.199. The predicted octanol–water partition coefficient (Wildman–Crippen LogP) is 3.82. The molecular weight excluding hydrogens is 308 g/mol. The van der Waals surface area contributed by atoms with Crippen molar-refractivity contribution in [2.24, 2.45) is 0 Å². The number of thiophene rings is 1. The van der Waals surface area contributed by atoms with Gasteiger partial charge in [0.05, 0.1) is 10.4 Å². The Labute approximate surface area is 132 Å². The van der Waals surface area contributed by atoms with Crippen LogP contribution < -0.4 is 10.6 Å². The number of aliphatic hydroxyl groups excluding tert-OH is 1. The summed E-state index contributed by atoms with van der Waals surface area (Å²) in [5.41, 5.74) is 1.51. The summed E-state index contributed by atoms with van der Waals surface area (Å²) in [5, 5.41) is 15.0. The van der Waals surface area contributed by atoms with Gasteiger partial charge in [0, 0.05) is 17.1 Å². The standard InChI is InChI=1S/C15H17ClN2O2S/c1-10(19)11-2-4-12(5-3-11)18-15(20)17-9-8-13-6-7-14(16)21-13/h2-7,10,19H,8-9H2,1H3,(H2,17,18,20). The van der Waals surface area contributed by atoms with Gasteiger partial charge in [-0.2, -0.15) is 0 Å². The van der Waals surface area contributed by atoms with E-state index in [1.807, 2.05) is 12.1 Å². The van der Waals surface area contributed by atoms with Crippen LogP contribution in [-0.4, -0.2) is 17.7 Å². The van der Waals surface area contributed by atoms with E-state index < -0.39 is 6.10 Å². The van der Waals surface area contributed by atoms with E-state index in [-0.39, 0.29) is 6.03 Å². The van der Waals surface area contributed by atoms with Gasteiger partial charge in [-0.3, -0.25) is 0 Å². The number of amides is 2. The number of carbonyl (C=O) groups excluding carboxylic acids is 1. The minimum atomic E-state index is -0.509. The van der Waals surface area contributed by atoms with Gasteiger partial charge in [-0.25, -0.2) is 4.79 Å². The van der Waals surface area contributed by atoms with Crippen LogP contribution in [0.4, 0.5) is 10.5 Å². The molecule has 6 heteroatoms. The fourth-order valence-corrected chi connectivity index (χ4v) is 2.89. The summed E-state index contributed by atoms with van der Waals surface area (Å²) in [5.74, 6) is 0. The molecule has 0 saturated heterocycles. The molecule has 0 fully saturated rings. The quantitative estimate of drug-likeness (QED) is 0.783. The number of hydrogen-bond acceptors (Lipinski definition) is 3. The largest absolute Gasteiger partial charge is 0.389 e. The topological polar surface area (TPSA) is 61.4 Å². The monoisotopic (exact) mass is 324 g/mol. The lowest BCUT2D eigenvalue weighted by Crippen LogP contribution is -2.30. The maximum Gasteiger partial charge on any atom is 0.319 e. The molecule has 112 valence electrons. The number of benzene rings is 1. The first-order chi connectivity index (χ1) is 10.0. The number of rotatable bonds is 5. The zero-order chi connectivity index (χ0) is 15.2. The van der Waals surface area contributed by atoms with Crippen molar-refractivity contribution in [3.8, 4) is 0 Å². The average Bonchev–Trinajstić information content (AvgIpc) is 2.85. The van der Waals surface area contributed by atoms with Gasteiger partial charge < -0.3 is 15.7 Å². The molecule has 3 N–H and O–H groups in total. The molecule has 0 aliphatic rings. The molecule has 4 nitrogen and oxygen atoms in total. The highest BCUT2D eigenvalue weighted by Crippen LogP contribution is 2.21. The number of nitrogens with one attached hydrogen (secondary N) is 2. The molecule has 0 saturated carbocycles. The molecule has 1 heterocycles. The lowest BCUT2D eigenvalue weighted by atomic mass is 10.1. The SMILES string of the molecule is CC(O)c1ccc(NC(=O)NCCc2ccc(Cl)s2)cc1. The fraction of sp³-hybridized carbons (Fsp3) is 0.267. The molecule has 2 aromatic rings. The number of hydrogen-bond donors (Lipinski definition) is 3. The lowest BCUT2D eigenvalue weighted by Gasteiger charge is -2.09. The third kappa shape index (κ3) is 5.04. The van der Waals surface area contributed by atoms with Gasteiger partial charge in [0.2, 0.25) is 0 Å². The van der Waals surface area contributed by atoms with Gasteiger partial charge in [-0.05, 0) is 43.2 Å². The van der Waals surface area contributed by atoms with Crippen LogP contribution in [0.2, 0.25) is 4.34 Å². The normalized spacial score (nSPS) is 12.0. The molecule has 21 heavy (non-hydrogen) atoms. The Balaban J connectivity index is 1.76. The Kier molecular flexibility index (Phi) is 5.61. The third-order valence-corrected chi connectivity index (χ3v) is 4.23. The Morgan fingerprint density at radius 1 is 1.29 bits per heavy atom. The number of halogens is 1. The average molecular weight is 325 g/mol. The molecule has 1 aromatic heterocycles. The van der Waals surface area contributed by atoms with Crippen molar-refractivity contribution in [1.82, 2.24) is 5.32 Å². The molecule has 2 rings (SSSR count). The first-order valence-corrected chi connectivity index (χ1v) is 7.81. The van der Waals surface area contributed by atoms with Crippen LogP contribution in [0, 0.1) is 0 Å². The van der Waals surface area contributed by atoms with Gasteiger partial charge in [-0.15, -0.1) is 11.3 Å². The Hall–Kier alpha value is -1.56. The highest BCUT2D eigenvalue weighted by Gasteiger charge is 2.04. The molecule has 0 bridgehead atoms. The van der Waals surface area contributed by atoms with Crippen LogP contribution in [0.5, 0.6) is 0 Å². The van der Waals surface area contributed by atoms with Crippen LogP contribution in [0.3, 0.4) is 0 Å². The maximum absolute atomic E-state index is 11.7. The zero-order valence-corrected chi connectivity index (χ0v) is 13.2. The van der Waals surface area contributed by atoms with Gasteiger partial charge in [-0.1, -0.05) is 23.7 Å². The molecule has 0 aliphatic heterocycles. The van der Waals surface area contributed by atoms with Crippen LogP contribution in [0.25, 0.3) is 0 Å². The predicted molar refractivity (Wildman–Crippen MR) is 87.1 cm³/mol. The van der Waals surface area contributed by atoms with Crippen molar-refractivity contribution in [3.63, 3.8) is 0 Å². The second-order valence-corrected chi connectivity index (χ2v) is 6.43. The molecule has 1 aromatic carbocycles. The number of anilines is 1. The summed E-state index contributed by atoms with van der Waals surface area (Å²) in [6.07, 6.45) is 0.247. The summed E-state index contributed by atoms with van der Waals surface area (Å²) in [7, 11) is 0. The number of aliphatic hydroxyl groups is 1. The summed E-state index contributed by atoms with van der Waals surface area (Å²) in [6, 6.07) is 10.7.